The lowest BCUT2D eigenvalue weighted by atomic mass is 9.86. The van der Waals surface area contributed by atoms with E-state index < -0.39 is 0 Å². The molecule has 1 rings (SSSR count). The third kappa shape index (κ3) is 1.98. The Bertz CT molecular complexity index is 84.7. The highest BCUT2D eigenvalue weighted by Gasteiger charge is 2.18. The Morgan fingerprint density at radius 2 is 2.40 bits per heavy atom. The summed E-state index contributed by atoms with van der Waals surface area (Å²) in [6, 6.07) is 0. The molecule has 0 aromatic rings. The maximum absolute atomic E-state index is 4.43. The smallest absolute Gasteiger partial charge is 0.0164 e. The lowest BCUT2D eigenvalue weighted by Gasteiger charge is -2.26. The summed E-state index contributed by atoms with van der Waals surface area (Å²) in [5.74, 6) is 1.79. The predicted octanol–water partition coefficient (Wildman–Crippen LogP) is 2.05. The van der Waals surface area contributed by atoms with Gasteiger partial charge in [0.05, 0.1) is 0 Å². The number of piperidine rings is 1. The Morgan fingerprint density at radius 1 is 1.60 bits per heavy atom. The van der Waals surface area contributed by atoms with E-state index in [2.05, 4.69) is 19.2 Å². The molecule has 0 bridgehead atoms. The maximum atomic E-state index is 4.43. The monoisotopic (exact) mass is 140 g/mol. The van der Waals surface area contributed by atoms with Crippen molar-refractivity contribution >= 4 is 0 Å². The molecule has 1 heteroatoms. The van der Waals surface area contributed by atoms with Gasteiger partial charge in [0, 0.05) is 13.1 Å². The quantitative estimate of drug-likeness (QED) is 0.557. The predicted molar refractivity (Wildman–Crippen MR) is 44.0 cm³/mol. The van der Waals surface area contributed by atoms with Crippen LogP contribution in [0.2, 0.25) is 0 Å². The average molecular weight is 140 g/mol. The van der Waals surface area contributed by atoms with Crippen LogP contribution in [0.5, 0.6) is 0 Å². The molecule has 0 aliphatic carbocycles. The summed E-state index contributed by atoms with van der Waals surface area (Å²) in [4.78, 5) is 0. The van der Waals surface area contributed by atoms with Gasteiger partial charge in [0.15, 0.2) is 0 Å². The van der Waals surface area contributed by atoms with Gasteiger partial charge in [0.2, 0.25) is 0 Å². The first kappa shape index (κ1) is 8.06. The van der Waals surface area contributed by atoms with Gasteiger partial charge in [-0.2, -0.15) is 0 Å². The van der Waals surface area contributed by atoms with E-state index in [-0.39, 0.29) is 0 Å². The fraction of sp³-hybridized carbons (Fsp3) is 1.00. The van der Waals surface area contributed by atoms with E-state index in [0.717, 1.165) is 24.9 Å². The van der Waals surface area contributed by atoms with Crippen molar-refractivity contribution in [3.63, 3.8) is 0 Å². The summed E-state index contributed by atoms with van der Waals surface area (Å²) < 4.78 is 0. The van der Waals surface area contributed by atoms with Crippen LogP contribution in [0, 0.1) is 11.8 Å². The van der Waals surface area contributed by atoms with Crippen LogP contribution in [-0.4, -0.2) is 13.1 Å². The highest BCUT2D eigenvalue weighted by Crippen LogP contribution is 2.22. The highest BCUT2D eigenvalue weighted by atomic mass is 14.9. The minimum atomic E-state index is 0.893. The Balaban J connectivity index is 2.24. The van der Waals surface area contributed by atoms with Gasteiger partial charge in [-0.3, -0.25) is 0 Å². The summed E-state index contributed by atoms with van der Waals surface area (Å²) >= 11 is 0. The van der Waals surface area contributed by atoms with Crippen molar-refractivity contribution in [2.45, 2.75) is 33.1 Å². The van der Waals surface area contributed by atoms with E-state index in [1.54, 1.807) is 0 Å². The molecule has 0 aromatic carbocycles. The first-order valence-corrected chi connectivity index (χ1v) is 4.47. The molecule has 0 N–H and O–H groups in total. The van der Waals surface area contributed by atoms with Gasteiger partial charge in [0.1, 0.15) is 0 Å². The van der Waals surface area contributed by atoms with Gasteiger partial charge >= 0.3 is 0 Å². The molecule has 1 radical (unpaired) electrons. The molecule has 0 amide bonds. The van der Waals surface area contributed by atoms with Crippen molar-refractivity contribution in [2.24, 2.45) is 11.8 Å². The third-order valence-corrected chi connectivity index (χ3v) is 2.70. The Morgan fingerprint density at radius 3 is 2.90 bits per heavy atom. The highest BCUT2D eigenvalue weighted by molar-refractivity contribution is 4.72. The fourth-order valence-electron chi connectivity index (χ4n) is 1.61. The molecule has 1 aliphatic rings. The molecule has 2 atom stereocenters. The van der Waals surface area contributed by atoms with E-state index in [4.69, 9.17) is 0 Å². The van der Waals surface area contributed by atoms with Crippen LogP contribution < -0.4 is 5.32 Å². The topological polar surface area (TPSA) is 14.1 Å². The second kappa shape index (κ2) is 3.97. The first-order chi connectivity index (χ1) is 4.84. The lowest BCUT2D eigenvalue weighted by molar-refractivity contribution is 0.271. The third-order valence-electron chi connectivity index (χ3n) is 2.70. The summed E-state index contributed by atoms with van der Waals surface area (Å²) in [6.45, 7) is 6.88. The molecule has 1 fully saturated rings. The van der Waals surface area contributed by atoms with Crippen molar-refractivity contribution < 1.29 is 0 Å². The second-order valence-corrected chi connectivity index (χ2v) is 3.42. The molecular formula is C9H18N. The average Bonchev–Trinajstić information content (AvgIpc) is 2.05. The molecule has 1 nitrogen and oxygen atoms in total. The zero-order valence-electron chi connectivity index (χ0n) is 7.14. The van der Waals surface area contributed by atoms with E-state index in [1.807, 2.05) is 0 Å². The van der Waals surface area contributed by atoms with Crippen molar-refractivity contribution in [3.8, 4) is 0 Å². The molecular weight excluding hydrogens is 122 g/mol. The zero-order chi connectivity index (χ0) is 7.40. The van der Waals surface area contributed by atoms with Crippen molar-refractivity contribution in [1.29, 1.82) is 0 Å². The summed E-state index contributed by atoms with van der Waals surface area (Å²) in [6.07, 6.45) is 4.06. The van der Waals surface area contributed by atoms with Crippen molar-refractivity contribution in [2.75, 3.05) is 13.1 Å². The number of hydrogen-bond donors (Lipinski definition) is 0. The van der Waals surface area contributed by atoms with Crippen LogP contribution >= 0.6 is 0 Å². The van der Waals surface area contributed by atoms with Gasteiger partial charge in [0.25, 0.3) is 0 Å². The van der Waals surface area contributed by atoms with Crippen LogP contribution in [0.25, 0.3) is 0 Å². The van der Waals surface area contributed by atoms with Gasteiger partial charge in [-0.15, -0.1) is 0 Å². The molecule has 1 heterocycles. The van der Waals surface area contributed by atoms with Crippen LogP contribution in [0.3, 0.4) is 0 Å². The molecule has 10 heavy (non-hydrogen) atoms. The van der Waals surface area contributed by atoms with E-state index in [0.29, 0.717) is 0 Å². The number of rotatable bonds is 2. The second-order valence-electron chi connectivity index (χ2n) is 3.42. The van der Waals surface area contributed by atoms with Gasteiger partial charge in [-0.1, -0.05) is 20.3 Å². The molecule has 0 saturated carbocycles. The Hall–Kier alpha value is -0.0400. The van der Waals surface area contributed by atoms with Gasteiger partial charge in [-0.05, 0) is 24.7 Å². The van der Waals surface area contributed by atoms with Crippen molar-refractivity contribution in [1.82, 2.24) is 5.32 Å². The molecule has 2 unspecified atom stereocenters. The summed E-state index contributed by atoms with van der Waals surface area (Å²) in [7, 11) is 0. The number of nitrogens with zero attached hydrogens (tertiary/aromatic N) is 1. The van der Waals surface area contributed by atoms with Crippen LogP contribution in [0.4, 0.5) is 0 Å². The summed E-state index contributed by atoms with van der Waals surface area (Å²) in [5, 5.41) is 4.43. The minimum Gasteiger partial charge on any atom is -0.241 e. The SMILES string of the molecule is CCC(C)C1CCC[N]C1. The molecule has 0 aromatic heterocycles. The van der Waals surface area contributed by atoms with E-state index in [1.165, 1.54) is 19.3 Å². The maximum Gasteiger partial charge on any atom is 0.0164 e. The number of hydrogen-bond acceptors (Lipinski definition) is 0. The molecule has 1 aliphatic heterocycles. The molecule has 0 spiro atoms. The molecule has 1 saturated heterocycles. The standard InChI is InChI=1S/C9H18N/c1-3-8(2)9-5-4-6-10-7-9/h8-9H,3-7H2,1-2H3. The molecule has 59 valence electrons. The minimum absolute atomic E-state index is 0.893. The largest absolute Gasteiger partial charge is 0.241 e. The zero-order valence-corrected chi connectivity index (χ0v) is 7.14. The van der Waals surface area contributed by atoms with Crippen LogP contribution in [-0.2, 0) is 0 Å². The Kier molecular flexibility index (Phi) is 3.20. The fourth-order valence-corrected chi connectivity index (χ4v) is 1.61. The van der Waals surface area contributed by atoms with Gasteiger partial charge < -0.3 is 0 Å². The normalized spacial score (nSPS) is 30.0. The van der Waals surface area contributed by atoms with Crippen LogP contribution in [0.1, 0.15) is 33.1 Å². The van der Waals surface area contributed by atoms with E-state index in [9.17, 15) is 0 Å². The first-order valence-electron chi connectivity index (χ1n) is 4.47. The van der Waals surface area contributed by atoms with E-state index >= 15 is 0 Å². The van der Waals surface area contributed by atoms with Crippen LogP contribution in [0.15, 0.2) is 0 Å². The summed E-state index contributed by atoms with van der Waals surface area (Å²) in [5.41, 5.74) is 0. The lowest BCUT2D eigenvalue weighted by Crippen LogP contribution is -2.28. The van der Waals surface area contributed by atoms with Crippen molar-refractivity contribution in [3.05, 3.63) is 0 Å². The Labute approximate surface area is 64.2 Å². The van der Waals surface area contributed by atoms with Gasteiger partial charge in [-0.25, -0.2) is 5.32 Å².